The van der Waals surface area contributed by atoms with Gasteiger partial charge >= 0.3 is 0 Å². The molecular formula is C16H14N6O2S. The summed E-state index contributed by atoms with van der Waals surface area (Å²) >= 11 is 0. The molecule has 1 aromatic carbocycles. The summed E-state index contributed by atoms with van der Waals surface area (Å²) in [4.78, 5) is 8.87. The van der Waals surface area contributed by atoms with Crippen LogP contribution in [0.3, 0.4) is 0 Å². The second kappa shape index (κ2) is 5.42. The minimum absolute atomic E-state index is 0.0959. The molecule has 4 aromatic rings. The van der Waals surface area contributed by atoms with Crippen molar-refractivity contribution in [2.75, 3.05) is 5.73 Å². The Bertz CT molecular complexity index is 1190. The Hall–Kier alpha value is -3.20. The van der Waals surface area contributed by atoms with E-state index in [1.165, 1.54) is 18.3 Å². The van der Waals surface area contributed by atoms with Crippen LogP contribution in [0.2, 0.25) is 0 Å². The standard InChI is InChI=1S/C16H14N6O2S/c1-21-10-11(8-19-21)15-9-18-14-5-6-22(16(14)20-15)25(23,24)13-4-2-3-12(17)7-13/h2-10H,17H2,1H3. The van der Waals surface area contributed by atoms with E-state index in [4.69, 9.17) is 5.73 Å². The first kappa shape index (κ1) is 15.3. The van der Waals surface area contributed by atoms with Crippen LogP contribution < -0.4 is 5.73 Å². The molecule has 0 radical (unpaired) electrons. The molecule has 2 N–H and O–H groups in total. The van der Waals surface area contributed by atoms with Crippen molar-refractivity contribution in [2.45, 2.75) is 4.90 Å². The summed E-state index contributed by atoms with van der Waals surface area (Å²) < 4.78 is 28.6. The van der Waals surface area contributed by atoms with E-state index in [-0.39, 0.29) is 10.5 Å². The van der Waals surface area contributed by atoms with E-state index in [0.717, 1.165) is 9.54 Å². The topological polar surface area (TPSA) is 109 Å². The molecule has 8 nitrogen and oxygen atoms in total. The monoisotopic (exact) mass is 354 g/mol. The molecule has 0 fully saturated rings. The Morgan fingerprint density at radius 1 is 1.16 bits per heavy atom. The fourth-order valence-corrected chi connectivity index (χ4v) is 3.90. The van der Waals surface area contributed by atoms with Gasteiger partial charge in [0.15, 0.2) is 5.65 Å². The number of aryl methyl sites for hydroxylation is 1. The summed E-state index contributed by atoms with van der Waals surface area (Å²) in [5, 5.41) is 4.10. The fraction of sp³-hybridized carbons (Fsp3) is 0.0625. The van der Waals surface area contributed by atoms with Crippen molar-refractivity contribution in [1.82, 2.24) is 23.7 Å². The molecule has 0 bridgehead atoms. The van der Waals surface area contributed by atoms with Crippen LogP contribution in [0.5, 0.6) is 0 Å². The van der Waals surface area contributed by atoms with Crippen molar-refractivity contribution < 1.29 is 8.42 Å². The maximum Gasteiger partial charge on any atom is 0.269 e. The second-order valence-corrected chi connectivity index (χ2v) is 7.37. The number of aromatic nitrogens is 5. The average molecular weight is 354 g/mol. The minimum atomic E-state index is -3.83. The Morgan fingerprint density at radius 2 is 2.00 bits per heavy atom. The van der Waals surface area contributed by atoms with Crippen molar-refractivity contribution in [3.8, 4) is 11.3 Å². The highest BCUT2D eigenvalue weighted by molar-refractivity contribution is 7.90. The number of nitrogen functional groups attached to an aromatic ring is 1. The fourth-order valence-electron chi connectivity index (χ4n) is 2.55. The zero-order valence-corrected chi connectivity index (χ0v) is 14.1. The lowest BCUT2D eigenvalue weighted by Gasteiger charge is -2.08. The summed E-state index contributed by atoms with van der Waals surface area (Å²) in [5.41, 5.74) is 8.13. The Labute approximate surface area is 143 Å². The molecule has 25 heavy (non-hydrogen) atoms. The molecule has 0 saturated heterocycles. The number of hydrogen-bond acceptors (Lipinski definition) is 6. The number of nitrogens with zero attached hydrogens (tertiary/aromatic N) is 5. The van der Waals surface area contributed by atoms with Crippen LogP contribution in [-0.4, -0.2) is 32.1 Å². The Balaban J connectivity index is 1.90. The molecular weight excluding hydrogens is 340 g/mol. The second-order valence-electron chi connectivity index (χ2n) is 5.56. The summed E-state index contributed by atoms with van der Waals surface area (Å²) in [7, 11) is -2.03. The van der Waals surface area contributed by atoms with E-state index in [2.05, 4.69) is 15.1 Å². The molecule has 0 spiro atoms. The molecule has 0 saturated carbocycles. The van der Waals surface area contributed by atoms with Crippen molar-refractivity contribution in [1.29, 1.82) is 0 Å². The van der Waals surface area contributed by atoms with Gasteiger partial charge in [0.25, 0.3) is 10.0 Å². The number of rotatable bonds is 3. The molecule has 0 aliphatic heterocycles. The summed E-state index contributed by atoms with van der Waals surface area (Å²) in [6, 6.07) is 7.75. The first-order chi connectivity index (χ1) is 11.9. The van der Waals surface area contributed by atoms with E-state index in [1.54, 1.807) is 48.5 Å². The van der Waals surface area contributed by atoms with Crippen LogP contribution in [0.1, 0.15) is 0 Å². The lowest BCUT2D eigenvalue weighted by atomic mass is 10.3. The van der Waals surface area contributed by atoms with Crippen LogP contribution in [0, 0.1) is 0 Å². The van der Waals surface area contributed by atoms with Gasteiger partial charge in [0.2, 0.25) is 0 Å². The molecule has 9 heteroatoms. The third-order valence-corrected chi connectivity index (χ3v) is 5.44. The van der Waals surface area contributed by atoms with Crippen molar-refractivity contribution >= 4 is 26.9 Å². The normalized spacial score (nSPS) is 11.9. The molecule has 3 aromatic heterocycles. The maximum absolute atomic E-state index is 12.9. The summed E-state index contributed by atoms with van der Waals surface area (Å²) in [5.74, 6) is 0. The molecule has 0 atom stereocenters. The van der Waals surface area contributed by atoms with E-state index >= 15 is 0 Å². The van der Waals surface area contributed by atoms with Crippen molar-refractivity contribution in [3.63, 3.8) is 0 Å². The number of anilines is 1. The zero-order valence-electron chi connectivity index (χ0n) is 13.2. The molecule has 3 heterocycles. The predicted octanol–water partition coefficient (Wildman–Crippen LogP) is 1.65. The van der Waals surface area contributed by atoms with E-state index in [1.807, 2.05) is 0 Å². The van der Waals surface area contributed by atoms with Gasteiger partial charge in [-0.3, -0.25) is 9.67 Å². The molecule has 4 rings (SSSR count). The average Bonchev–Trinajstić information content (AvgIpc) is 3.20. The number of nitrogens with two attached hydrogens (primary N) is 1. The van der Waals surface area contributed by atoms with Crippen LogP contribution in [0.25, 0.3) is 22.4 Å². The van der Waals surface area contributed by atoms with Crippen LogP contribution in [-0.2, 0) is 17.1 Å². The van der Waals surface area contributed by atoms with E-state index in [9.17, 15) is 8.42 Å². The lowest BCUT2D eigenvalue weighted by Crippen LogP contribution is -2.13. The summed E-state index contributed by atoms with van der Waals surface area (Å²) in [6.45, 7) is 0. The van der Waals surface area contributed by atoms with Gasteiger partial charge in [-0.15, -0.1) is 0 Å². The number of fused-ring (bicyclic) bond motifs is 1. The number of hydrogen-bond donors (Lipinski definition) is 1. The van der Waals surface area contributed by atoms with Crippen LogP contribution >= 0.6 is 0 Å². The Kier molecular flexibility index (Phi) is 3.32. The highest BCUT2D eigenvalue weighted by Gasteiger charge is 2.21. The van der Waals surface area contributed by atoms with Gasteiger partial charge in [0.1, 0.15) is 5.52 Å². The maximum atomic E-state index is 12.9. The summed E-state index contributed by atoms with van der Waals surface area (Å²) in [6.07, 6.45) is 6.47. The van der Waals surface area contributed by atoms with Crippen LogP contribution in [0.4, 0.5) is 5.69 Å². The van der Waals surface area contributed by atoms with Gasteiger partial charge in [-0.2, -0.15) is 5.10 Å². The minimum Gasteiger partial charge on any atom is -0.399 e. The Morgan fingerprint density at radius 3 is 2.72 bits per heavy atom. The molecule has 0 amide bonds. The number of benzene rings is 1. The van der Waals surface area contributed by atoms with Gasteiger partial charge in [-0.25, -0.2) is 17.4 Å². The van der Waals surface area contributed by atoms with Crippen molar-refractivity contribution in [2.24, 2.45) is 7.05 Å². The van der Waals surface area contributed by atoms with Gasteiger partial charge in [0.05, 0.1) is 23.0 Å². The van der Waals surface area contributed by atoms with Gasteiger partial charge in [-0.05, 0) is 24.3 Å². The van der Waals surface area contributed by atoms with E-state index in [0.29, 0.717) is 16.9 Å². The molecule has 0 unspecified atom stereocenters. The highest BCUT2D eigenvalue weighted by Crippen LogP contribution is 2.23. The zero-order chi connectivity index (χ0) is 17.6. The van der Waals surface area contributed by atoms with Crippen molar-refractivity contribution in [3.05, 3.63) is 55.1 Å². The SMILES string of the molecule is Cn1cc(-c2cnc3ccn(S(=O)(=O)c4cccc(N)c4)c3n2)cn1. The highest BCUT2D eigenvalue weighted by atomic mass is 32.2. The van der Waals surface area contributed by atoms with Crippen LogP contribution in [0.15, 0.2) is 60.0 Å². The first-order valence-electron chi connectivity index (χ1n) is 7.39. The third-order valence-electron chi connectivity index (χ3n) is 3.77. The van der Waals surface area contributed by atoms with Gasteiger partial charge in [-0.1, -0.05) is 6.07 Å². The first-order valence-corrected chi connectivity index (χ1v) is 8.83. The van der Waals surface area contributed by atoms with Gasteiger partial charge < -0.3 is 5.73 Å². The molecule has 0 aliphatic rings. The predicted molar refractivity (Wildman–Crippen MR) is 93.2 cm³/mol. The third kappa shape index (κ3) is 2.54. The van der Waals surface area contributed by atoms with Gasteiger partial charge in [0, 0.05) is 30.7 Å². The lowest BCUT2D eigenvalue weighted by molar-refractivity contribution is 0.589. The molecule has 126 valence electrons. The largest absolute Gasteiger partial charge is 0.399 e. The molecule has 0 aliphatic carbocycles. The van der Waals surface area contributed by atoms with E-state index < -0.39 is 10.0 Å². The smallest absolute Gasteiger partial charge is 0.269 e. The quantitative estimate of drug-likeness (QED) is 0.560.